The van der Waals surface area contributed by atoms with Crippen molar-refractivity contribution in [3.8, 4) is 0 Å². The molecule has 1 N–H and O–H groups in total. The number of aromatic nitrogens is 3. The number of rotatable bonds is 4. The van der Waals surface area contributed by atoms with Gasteiger partial charge in [0.15, 0.2) is 5.65 Å². The van der Waals surface area contributed by atoms with Gasteiger partial charge in [-0.15, -0.1) is 0 Å². The predicted molar refractivity (Wildman–Crippen MR) is 87.0 cm³/mol. The fourth-order valence-corrected chi connectivity index (χ4v) is 3.35. The minimum absolute atomic E-state index is 0.0852. The van der Waals surface area contributed by atoms with E-state index in [2.05, 4.69) is 39.7 Å². The van der Waals surface area contributed by atoms with E-state index in [1.807, 2.05) is 12.3 Å². The molecule has 1 unspecified atom stereocenters. The molecule has 5 nitrogen and oxygen atoms in total. The summed E-state index contributed by atoms with van der Waals surface area (Å²) in [7, 11) is 0. The molecule has 1 amide bonds. The Morgan fingerprint density at radius 1 is 1.30 bits per heavy atom. The van der Waals surface area contributed by atoms with Crippen molar-refractivity contribution in [3.05, 3.63) is 65.6 Å². The Morgan fingerprint density at radius 3 is 3.17 bits per heavy atom. The number of carbonyl (C=O) groups is 1. The van der Waals surface area contributed by atoms with Gasteiger partial charge in [0, 0.05) is 30.9 Å². The molecule has 1 atom stereocenters. The Hall–Kier alpha value is -2.69. The SMILES string of the molecule is O=C(CC1CCc2ccccc21)NCc1cnn2cccnc12. The van der Waals surface area contributed by atoms with Crippen LogP contribution in [0.5, 0.6) is 0 Å². The molecular weight excluding hydrogens is 288 g/mol. The van der Waals surface area contributed by atoms with E-state index >= 15 is 0 Å². The van der Waals surface area contributed by atoms with Crippen molar-refractivity contribution in [3.63, 3.8) is 0 Å². The zero-order chi connectivity index (χ0) is 15.6. The minimum atomic E-state index is 0.0852. The van der Waals surface area contributed by atoms with E-state index in [-0.39, 0.29) is 5.91 Å². The Labute approximate surface area is 134 Å². The van der Waals surface area contributed by atoms with Gasteiger partial charge in [0.25, 0.3) is 0 Å². The first kappa shape index (κ1) is 13.9. The molecule has 0 aliphatic heterocycles. The summed E-state index contributed by atoms with van der Waals surface area (Å²) in [6.45, 7) is 0.466. The van der Waals surface area contributed by atoms with Crippen LogP contribution in [0.15, 0.2) is 48.9 Å². The van der Waals surface area contributed by atoms with E-state index in [4.69, 9.17) is 0 Å². The molecule has 5 heteroatoms. The number of amides is 1. The molecular formula is C18H18N4O. The van der Waals surface area contributed by atoms with E-state index in [1.54, 1.807) is 16.9 Å². The molecule has 2 heterocycles. The highest BCUT2D eigenvalue weighted by Crippen LogP contribution is 2.35. The number of nitrogens with zero attached hydrogens (tertiary/aromatic N) is 3. The standard InChI is InChI=1S/C18H18N4O/c23-17(10-14-7-6-13-4-1-2-5-16(13)14)20-11-15-12-21-22-9-3-8-19-18(15)22/h1-5,8-9,12,14H,6-7,10-11H2,(H,20,23). The highest BCUT2D eigenvalue weighted by atomic mass is 16.1. The summed E-state index contributed by atoms with van der Waals surface area (Å²) in [5.41, 5.74) is 4.45. The van der Waals surface area contributed by atoms with Gasteiger partial charge in [0.2, 0.25) is 5.91 Å². The molecule has 0 spiro atoms. The van der Waals surface area contributed by atoms with Gasteiger partial charge in [0.1, 0.15) is 0 Å². The van der Waals surface area contributed by atoms with E-state index in [9.17, 15) is 4.79 Å². The average molecular weight is 306 g/mol. The molecule has 0 saturated carbocycles. The van der Waals surface area contributed by atoms with Gasteiger partial charge in [-0.25, -0.2) is 9.50 Å². The van der Waals surface area contributed by atoms with Crippen molar-refractivity contribution >= 4 is 11.6 Å². The fourth-order valence-electron chi connectivity index (χ4n) is 3.35. The van der Waals surface area contributed by atoms with Gasteiger partial charge in [-0.3, -0.25) is 4.79 Å². The van der Waals surface area contributed by atoms with Crippen LogP contribution in [-0.2, 0) is 17.8 Å². The number of fused-ring (bicyclic) bond motifs is 2. The van der Waals surface area contributed by atoms with Gasteiger partial charge < -0.3 is 5.32 Å². The van der Waals surface area contributed by atoms with Crippen molar-refractivity contribution < 1.29 is 4.79 Å². The van der Waals surface area contributed by atoms with Crippen molar-refractivity contribution in [2.24, 2.45) is 0 Å². The van der Waals surface area contributed by atoms with E-state index in [0.717, 1.165) is 24.1 Å². The third-order valence-corrected chi connectivity index (χ3v) is 4.52. The lowest BCUT2D eigenvalue weighted by Crippen LogP contribution is -2.24. The number of nitrogens with one attached hydrogen (secondary N) is 1. The maximum absolute atomic E-state index is 12.3. The molecule has 0 fully saturated rings. The summed E-state index contributed by atoms with van der Waals surface area (Å²) < 4.78 is 1.72. The molecule has 2 aromatic heterocycles. The number of aryl methyl sites for hydroxylation is 1. The Balaban J connectivity index is 1.40. The second-order valence-corrected chi connectivity index (χ2v) is 5.97. The Morgan fingerprint density at radius 2 is 2.22 bits per heavy atom. The van der Waals surface area contributed by atoms with Gasteiger partial charge in [0.05, 0.1) is 6.20 Å². The number of hydrogen-bond donors (Lipinski definition) is 1. The molecule has 116 valence electrons. The monoisotopic (exact) mass is 306 g/mol. The van der Waals surface area contributed by atoms with E-state index in [0.29, 0.717) is 18.9 Å². The van der Waals surface area contributed by atoms with Crippen LogP contribution in [0.25, 0.3) is 5.65 Å². The van der Waals surface area contributed by atoms with E-state index in [1.165, 1.54) is 11.1 Å². The summed E-state index contributed by atoms with van der Waals surface area (Å²) >= 11 is 0. The highest BCUT2D eigenvalue weighted by molar-refractivity contribution is 5.77. The molecule has 1 aliphatic carbocycles. The summed E-state index contributed by atoms with van der Waals surface area (Å²) in [6.07, 6.45) is 8.02. The minimum Gasteiger partial charge on any atom is -0.352 e. The second-order valence-electron chi connectivity index (χ2n) is 5.97. The van der Waals surface area contributed by atoms with Crippen LogP contribution < -0.4 is 5.32 Å². The third-order valence-electron chi connectivity index (χ3n) is 4.52. The second kappa shape index (κ2) is 5.83. The van der Waals surface area contributed by atoms with E-state index < -0.39 is 0 Å². The molecule has 4 rings (SSSR count). The van der Waals surface area contributed by atoms with Crippen molar-refractivity contribution in [2.45, 2.75) is 31.7 Å². The molecule has 0 saturated heterocycles. The fraction of sp³-hybridized carbons (Fsp3) is 0.278. The van der Waals surface area contributed by atoms with Crippen LogP contribution in [0.3, 0.4) is 0 Å². The van der Waals surface area contributed by atoms with Crippen LogP contribution in [0.4, 0.5) is 0 Å². The molecule has 0 bridgehead atoms. The zero-order valence-corrected chi connectivity index (χ0v) is 12.8. The van der Waals surface area contributed by atoms with Crippen LogP contribution in [-0.4, -0.2) is 20.5 Å². The van der Waals surface area contributed by atoms with Gasteiger partial charge in [-0.1, -0.05) is 24.3 Å². The van der Waals surface area contributed by atoms with Crippen molar-refractivity contribution in [2.75, 3.05) is 0 Å². The maximum atomic E-state index is 12.3. The number of hydrogen-bond acceptors (Lipinski definition) is 3. The van der Waals surface area contributed by atoms with Crippen LogP contribution in [0, 0.1) is 0 Å². The van der Waals surface area contributed by atoms with Crippen molar-refractivity contribution in [1.29, 1.82) is 0 Å². The summed E-state index contributed by atoms with van der Waals surface area (Å²) in [5, 5.41) is 7.24. The number of carbonyl (C=O) groups excluding carboxylic acids is 1. The first-order valence-electron chi connectivity index (χ1n) is 7.93. The molecule has 3 aromatic rings. The smallest absolute Gasteiger partial charge is 0.220 e. The first-order valence-corrected chi connectivity index (χ1v) is 7.93. The lowest BCUT2D eigenvalue weighted by atomic mass is 9.97. The third kappa shape index (κ3) is 2.70. The molecule has 23 heavy (non-hydrogen) atoms. The van der Waals surface area contributed by atoms with Crippen LogP contribution in [0.2, 0.25) is 0 Å². The van der Waals surface area contributed by atoms with Gasteiger partial charge >= 0.3 is 0 Å². The largest absolute Gasteiger partial charge is 0.352 e. The summed E-state index contributed by atoms with van der Waals surface area (Å²) in [6, 6.07) is 10.3. The Kier molecular flexibility index (Phi) is 3.54. The first-order chi connectivity index (χ1) is 11.3. The zero-order valence-electron chi connectivity index (χ0n) is 12.8. The molecule has 1 aromatic carbocycles. The topological polar surface area (TPSA) is 59.3 Å². The van der Waals surface area contributed by atoms with Gasteiger partial charge in [-0.05, 0) is 36.0 Å². The number of benzene rings is 1. The Bertz CT molecular complexity index is 855. The normalized spacial score (nSPS) is 16.4. The quantitative estimate of drug-likeness (QED) is 0.805. The molecule has 1 aliphatic rings. The maximum Gasteiger partial charge on any atom is 0.220 e. The van der Waals surface area contributed by atoms with Crippen molar-refractivity contribution in [1.82, 2.24) is 19.9 Å². The average Bonchev–Trinajstić information content (AvgIpc) is 3.18. The summed E-state index contributed by atoms with van der Waals surface area (Å²) in [4.78, 5) is 16.6. The molecule has 0 radical (unpaired) electrons. The van der Waals surface area contributed by atoms with Gasteiger partial charge in [-0.2, -0.15) is 5.10 Å². The predicted octanol–water partition coefficient (Wildman–Crippen LogP) is 2.47. The van der Waals surface area contributed by atoms with Crippen LogP contribution in [0.1, 0.15) is 35.4 Å². The lowest BCUT2D eigenvalue weighted by molar-refractivity contribution is -0.121. The summed E-state index contributed by atoms with van der Waals surface area (Å²) in [5.74, 6) is 0.426. The highest BCUT2D eigenvalue weighted by Gasteiger charge is 2.24. The lowest BCUT2D eigenvalue weighted by Gasteiger charge is -2.11. The van der Waals surface area contributed by atoms with Crippen LogP contribution >= 0.6 is 0 Å².